The van der Waals surface area contributed by atoms with Crippen molar-refractivity contribution in [3.8, 4) is 0 Å². The van der Waals surface area contributed by atoms with Crippen LogP contribution in [0.4, 0.5) is 5.82 Å². The van der Waals surface area contributed by atoms with Crippen molar-refractivity contribution in [1.29, 1.82) is 0 Å². The van der Waals surface area contributed by atoms with Crippen LogP contribution in [0, 0.1) is 6.92 Å². The zero-order valence-corrected chi connectivity index (χ0v) is 14.2. The van der Waals surface area contributed by atoms with Gasteiger partial charge in [-0.15, -0.1) is 0 Å². The van der Waals surface area contributed by atoms with Crippen LogP contribution in [0.25, 0.3) is 0 Å². The molecule has 2 aromatic rings. The first kappa shape index (κ1) is 17.5. The van der Waals surface area contributed by atoms with Gasteiger partial charge in [0.2, 0.25) is 0 Å². The van der Waals surface area contributed by atoms with Crippen molar-refractivity contribution >= 4 is 52.2 Å². The quantitative estimate of drug-likeness (QED) is 0.808. The first-order valence-corrected chi connectivity index (χ1v) is 7.92. The van der Waals surface area contributed by atoms with Crippen molar-refractivity contribution in [3.05, 3.63) is 43.0 Å². The molecule has 1 amide bonds. The predicted octanol–water partition coefficient (Wildman–Crippen LogP) is 2.10. The number of hydrogen-bond donors (Lipinski definition) is 1. The van der Waals surface area contributed by atoms with Crippen molar-refractivity contribution in [2.75, 3.05) is 11.9 Å². The summed E-state index contributed by atoms with van der Waals surface area (Å²) in [4.78, 5) is 38.4. The molecular formula is C13H11Cl2N3O4S. The second-order valence-electron chi connectivity index (χ2n) is 4.42. The van der Waals surface area contributed by atoms with E-state index in [2.05, 4.69) is 10.3 Å². The molecule has 10 heteroatoms. The first-order chi connectivity index (χ1) is 10.9. The SMILES string of the molecule is Cc1csc(=O)n1CC(=O)OCC(=O)Nc1ncc(Cl)cc1Cl. The Balaban J connectivity index is 1.86. The molecule has 2 heterocycles. The summed E-state index contributed by atoms with van der Waals surface area (Å²) >= 11 is 12.5. The minimum atomic E-state index is -0.695. The highest BCUT2D eigenvalue weighted by atomic mass is 35.5. The standard InChI is InChI=1S/C13H11Cl2N3O4S/c1-7-6-23-13(21)18(7)4-11(20)22-5-10(19)17-12-9(15)2-8(14)3-16-12/h2-3,6H,4-5H2,1H3,(H,16,17,19). The Labute approximate surface area is 144 Å². The van der Waals surface area contributed by atoms with Gasteiger partial charge in [-0.25, -0.2) is 4.98 Å². The second kappa shape index (κ2) is 7.58. The number of halogens is 2. The van der Waals surface area contributed by atoms with Gasteiger partial charge in [0, 0.05) is 17.3 Å². The summed E-state index contributed by atoms with van der Waals surface area (Å²) in [5.74, 6) is -1.19. The molecule has 0 aliphatic carbocycles. The molecule has 0 radical (unpaired) electrons. The van der Waals surface area contributed by atoms with Crippen LogP contribution >= 0.6 is 34.5 Å². The summed E-state index contributed by atoms with van der Waals surface area (Å²) in [7, 11) is 0. The van der Waals surface area contributed by atoms with Crippen LogP contribution in [0.1, 0.15) is 5.69 Å². The van der Waals surface area contributed by atoms with Gasteiger partial charge in [-0.2, -0.15) is 0 Å². The summed E-state index contributed by atoms with van der Waals surface area (Å²) < 4.78 is 6.09. The number of hydrogen-bond acceptors (Lipinski definition) is 6. The first-order valence-electron chi connectivity index (χ1n) is 6.28. The number of nitrogens with one attached hydrogen (secondary N) is 1. The number of anilines is 1. The Morgan fingerprint density at radius 2 is 2.17 bits per heavy atom. The van der Waals surface area contributed by atoms with Crippen molar-refractivity contribution in [2.45, 2.75) is 13.5 Å². The monoisotopic (exact) mass is 375 g/mol. The Bertz CT molecular complexity index is 803. The zero-order valence-electron chi connectivity index (χ0n) is 11.8. The van der Waals surface area contributed by atoms with E-state index < -0.39 is 18.5 Å². The van der Waals surface area contributed by atoms with E-state index in [-0.39, 0.29) is 22.3 Å². The van der Waals surface area contributed by atoms with E-state index in [0.717, 1.165) is 11.3 Å². The van der Waals surface area contributed by atoms with Gasteiger partial charge < -0.3 is 10.1 Å². The van der Waals surface area contributed by atoms with Gasteiger partial charge in [-0.3, -0.25) is 19.0 Å². The minimum Gasteiger partial charge on any atom is -0.454 e. The Kier molecular flexibility index (Phi) is 5.75. The fourth-order valence-electron chi connectivity index (χ4n) is 1.59. The van der Waals surface area contributed by atoms with Gasteiger partial charge in [-0.05, 0) is 13.0 Å². The van der Waals surface area contributed by atoms with Crippen molar-refractivity contribution in [3.63, 3.8) is 0 Å². The smallest absolute Gasteiger partial charge is 0.326 e. The zero-order chi connectivity index (χ0) is 17.0. The van der Waals surface area contributed by atoms with Gasteiger partial charge in [-0.1, -0.05) is 34.5 Å². The molecule has 0 saturated carbocycles. The van der Waals surface area contributed by atoms with Gasteiger partial charge in [0.25, 0.3) is 5.91 Å². The third-order valence-electron chi connectivity index (χ3n) is 2.69. The number of nitrogens with zero attached hydrogens (tertiary/aromatic N) is 2. The van der Waals surface area contributed by atoms with Gasteiger partial charge in [0.15, 0.2) is 12.4 Å². The summed E-state index contributed by atoms with van der Waals surface area (Å²) in [5, 5.41) is 4.52. The molecular weight excluding hydrogens is 365 g/mol. The molecule has 1 N–H and O–H groups in total. The lowest BCUT2D eigenvalue weighted by molar-refractivity contribution is -0.147. The van der Waals surface area contributed by atoms with Crippen LogP contribution in [0.5, 0.6) is 0 Å². The number of aryl methyl sites for hydroxylation is 1. The van der Waals surface area contributed by atoms with E-state index in [1.165, 1.54) is 16.8 Å². The molecule has 0 fully saturated rings. The third kappa shape index (κ3) is 4.78. The van der Waals surface area contributed by atoms with Crippen molar-refractivity contribution in [1.82, 2.24) is 9.55 Å². The topological polar surface area (TPSA) is 90.3 Å². The summed E-state index contributed by atoms with van der Waals surface area (Å²) in [6.45, 7) is 0.935. The average molecular weight is 376 g/mol. The number of aromatic nitrogens is 2. The molecule has 0 aliphatic rings. The van der Waals surface area contributed by atoms with Crippen LogP contribution in [0.15, 0.2) is 22.4 Å². The van der Waals surface area contributed by atoms with Crippen molar-refractivity contribution < 1.29 is 14.3 Å². The lowest BCUT2D eigenvalue weighted by Gasteiger charge is -2.08. The van der Waals surface area contributed by atoms with Crippen LogP contribution in [-0.2, 0) is 20.9 Å². The third-order valence-corrected chi connectivity index (χ3v) is 4.07. The maximum absolute atomic E-state index is 11.7. The van der Waals surface area contributed by atoms with E-state index in [1.807, 2.05) is 0 Å². The Morgan fingerprint density at radius 3 is 2.78 bits per heavy atom. The highest BCUT2D eigenvalue weighted by molar-refractivity contribution is 7.07. The molecule has 0 unspecified atom stereocenters. The van der Waals surface area contributed by atoms with Crippen LogP contribution in [0.2, 0.25) is 10.0 Å². The molecule has 0 saturated heterocycles. The second-order valence-corrected chi connectivity index (χ2v) is 6.09. The maximum atomic E-state index is 11.7. The molecule has 0 aromatic carbocycles. The molecule has 2 rings (SSSR count). The molecule has 0 aliphatic heterocycles. The van der Waals surface area contributed by atoms with E-state index in [9.17, 15) is 14.4 Å². The summed E-state index contributed by atoms with van der Waals surface area (Å²) in [6, 6.07) is 1.42. The molecule has 7 nitrogen and oxygen atoms in total. The van der Waals surface area contributed by atoms with E-state index >= 15 is 0 Å². The van der Waals surface area contributed by atoms with Crippen LogP contribution in [0.3, 0.4) is 0 Å². The number of rotatable bonds is 5. The van der Waals surface area contributed by atoms with E-state index in [0.29, 0.717) is 10.7 Å². The number of ether oxygens (including phenoxy) is 1. The van der Waals surface area contributed by atoms with Crippen LogP contribution in [-0.4, -0.2) is 28.0 Å². The maximum Gasteiger partial charge on any atom is 0.326 e. The number of carbonyl (C=O) groups is 2. The minimum absolute atomic E-state index is 0.113. The van der Waals surface area contributed by atoms with Crippen molar-refractivity contribution in [2.24, 2.45) is 0 Å². The van der Waals surface area contributed by atoms with Crippen LogP contribution < -0.4 is 10.2 Å². The molecule has 2 aromatic heterocycles. The molecule has 23 heavy (non-hydrogen) atoms. The number of thiazole rings is 1. The van der Waals surface area contributed by atoms with Gasteiger partial charge in [0.05, 0.1) is 10.0 Å². The molecule has 0 atom stereocenters. The highest BCUT2D eigenvalue weighted by Crippen LogP contribution is 2.22. The number of pyridine rings is 1. The lowest BCUT2D eigenvalue weighted by Crippen LogP contribution is -2.26. The number of amides is 1. The van der Waals surface area contributed by atoms with E-state index in [4.69, 9.17) is 27.9 Å². The fourth-order valence-corrected chi connectivity index (χ4v) is 2.75. The lowest BCUT2D eigenvalue weighted by atomic mass is 10.4. The summed E-state index contributed by atoms with van der Waals surface area (Å²) in [5.41, 5.74) is 0.651. The van der Waals surface area contributed by atoms with Gasteiger partial charge >= 0.3 is 10.8 Å². The molecule has 0 spiro atoms. The molecule has 0 bridgehead atoms. The van der Waals surface area contributed by atoms with Gasteiger partial charge in [0.1, 0.15) is 6.54 Å². The normalized spacial score (nSPS) is 10.4. The Morgan fingerprint density at radius 1 is 1.43 bits per heavy atom. The van der Waals surface area contributed by atoms with E-state index in [1.54, 1.807) is 12.3 Å². The average Bonchev–Trinajstić information content (AvgIpc) is 2.80. The molecule has 122 valence electrons. The number of esters is 1. The summed E-state index contributed by atoms with van der Waals surface area (Å²) in [6.07, 6.45) is 1.32. The highest BCUT2D eigenvalue weighted by Gasteiger charge is 2.13. The largest absolute Gasteiger partial charge is 0.454 e. The Hall–Kier alpha value is -1.90. The number of carbonyl (C=O) groups excluding carboxylic acids is 2. The predicted molar refractivity (Wildman–Crippen MR) is 87.2 cm³/mol. The fraction of sp³-hybridized carbons (Fsp3) is 0.231.